The van der Waals surface area contributed by atoms with E-state index in [4.69, 9.17) is 9.47 Å². The summed E-state index contributed by atoms with van der Waals surface area (Å²) in [6.45, 7) is 2.10. The highest BCUT2D eigenvalue weighted by molar-refractivity contribution is 7.80. The van der Waals surface area contributed by atoms with Gasteiger partial charge in [-0.05, 0) is 25.5 Å². The molecule has 0 aromatic rings. The Balaban J connectivity index is 2.28. The smallest absolute Gasteiger partial charge is 0.186 e. The number of thiol groups is 1. The minimum Gasteiger partial charge on any atom is -0.388 e. The largest absolute Gasteiger partial charge is 0.388 e. The Bertz CT molecular complexity index is 216. The van der Waals surface area contributed by atoms with Gasteiger partial charge in [0.1, 0.15) is 18.3 Å². The second-order valence-corrected chi connectivity index (χ2v) is 4.78. The summed E-state index contributed by atoms with van der Waals surface area (Å²) in [6, 6.07) is 0. The topological polar surface area (TPSA) is 79.2 Å². The zero-order valence-corrected chi connectivity index (χ0v) is 10.9. The fourth-order valence-corrected chi connectivity index (χ4v) is 1.96. The molecule has 1 aliphatic heterocycles. The molecular weight excluding hydrogens is 244 g/mol. The molecule has 5 atom stereocenters. The second-order valence-electron chi connectivity index (χ2n) is 4.34. The highest BCUT2D eigenvalue weighted by atomic mass is 32.1. The SMILES string of the molecule is CC1OC(OCCCCCS)C(O)[C@@H](O)[C@@H]1O. The number of hydrogen-bond acceptors (Lipinski definition) is 6. The minimum absolute atomic E-state index is 0.463. The monoisotopic (exact) mass is 266 g/mol. The number of ether oxygens (including phenoxy) is 2. The van der Waals surface area contributed by atoms with Crippen LogP contribution in [0.3, 0.4) is 0 Å². The van der Waals surface area contributed by atoms with Gasteiger partial charge >= 0.3 is 0 Å². The molecule has 6 heteroatoms. The molecule has 0 bridgehead atoms. The Morgan fingerprint density at radius 1 is 1.06 bits per heavy atom. The molecule has 0 aliphatic carbocycles. The Kier molecular flexibility index (Phi) is 6.76. The second kappa shape index (κ2) is 7.56. The van der Waals surface area contributed by atoms with Crippen molar-refractivity contribution < 1.29 is 24.8 Å². The van der Waals surface area contributed by atoms with Crippen molar-refractivity contribution in [2.24, 2.45) is 0 Å². The van der Waals surface area contributed by atoms with Gasteiger partial charge in [-0.15, -0.1) is 0 Å². The van der Waals surface area contributed by atoms with Gasteiger partial charge in [0.05, 0.1) is 6.10 Å². The molecule has 17 heavy (non-hydrogen) atoms. The standard InChI is InChI=1S/C11H22O5S/c1-7-8(12)9(13)10(14)11(16-7)15-5-3-2-4-6-17/h7-14,17H,2-6H2,1H3/t7?,8-,9+,10?,11?/m1/s1. The maximum Gasteiger partial charge on any atom is 0.186 e. The van der Waals surface area contributed by atoms with Crippen LogP contribution in [0.5, 0.6) is 0 Å². The normalized spacial score (nSPS) is 38.3. The van der Waals surface area contributed by atoms with Crippen molar-refractivity contribution in [2.75, 3.05) is 12.4 Å². The predicted octanol–water partition coefficient (Wildman–Crippen LogP) is -0.0694. The van der Waals surface area contributed by atoms with E-state index >= 15 is 0 Å². The van der Waals surface area contributed by atoms with E-state index in [1.165, 1.54) is 0 Å². The van der Waals surface area contributed by atoms with Crippen molar-refractivity contribution in [2.45, 2.75) is 56.9 Å². The number of aliphatic hydroxyl groups excluding tert-OH is 3. The van der Waals surface area contributed by atoms with Crippen LogP contribution in [0.2, 0.25) is 0 Å². The van der Waals surface area contributed by atoms with Crippen LogP contribution < -0.4 is 0 Å². The van der Waals surface area contributed by atoms with Gasteiger partial charge in [0, 0.05) is 6.61 Å². The summed E-state index contributed by atoms with van der Waals surface area (Å²) in [7, 11) is 0. The molecule has 0 aromatic carbocycles. The van der Waals surface area contributed by atoms with Gasteiger partial charge in [0.25, 0.3) is 0 Å². The molecule has 3 N–H and O–H groups in total. The summed E-state index contributed by atoms with van der Waals surface area (Å²) in [5.41, 5.74) is 0. The van der Waals surface area contributed by atoms with Crippen LogP contribution in [0.4, 0.5) is 0 Å². The van der Waals surface area contributed by atoms with Crippen LogP contribution in [0.15, 0.2) is 0 Å². The van der Waals surface area contributed by atoms with Crippen molar-refractivity contribution in [3.63, 3.8) is 0 Å². The Hall–Kier alpha value is 0.150. The van der Waals surface area contributed by atoms with Gasteiger partial charge < -0.3 is 24.8 Å². The third-order valence-corrected chi connectivity index (χ3v) is 3.21. The number of unbranched alkanes of at least 4 members (excludes halogenated alkanes) is 2. The van der Waals surface area contributed by atoms with E-state index in [-0.39, 0.29) is 0 Å². The molecule has 5 nitrogen and oxygen atoms in total. The lowest BCUT2D eigenvalue weighted by atomic mass is 10.0. The van der Waals surface area contributed by atoms with Crippen molar-refractivity contribution in [3.8, 4) is 0 Å². The van der Waals surface area contributed by atoms with Crippen LogP contribution in [-0.4, -0.2) is 58.4 Å². The molecule has 0 amide bonds. The average molecular weight is 266 g/mol. The van der Waals surface area contributed by atoms with Crippen LogP contribution >= 0.6 is 12.6 Å². The first-order valence-electron chi connectivity index (χ1n) is 6.00. The van der Waals surface area contributed by atoms with Gasteiger partial charge in [-0.3, -0.25) is 0 Å². The fraction of sp³-hybridized carbons (Fsp3) is 1.00. The first-order valence-corrected chi connectivity index (χ1v) is 6.63. The molecule has 0 spiro atoms. The zero-order valence-electron chi connectivity index (χ0n) is 10.0. The molecule has 1 fully saturated rings. The summed E-state index contributed by atoms with van der Waals surface area (Å²) in [4.78, 5) is 0. The zero-order chi connectivity index (χ0) is 12.8. The summed E-state index contributed by atoms with van der Waals surface area (Å²) < 4.78 is 10.7. The molecule has 0 aromatic heterocycles. The quantitative estimate of drug-likeness (QED) is 0.400. The van der Waals surface area contributed by atoms with E-state index in [1.807, 2.05) is 0 Å². The highest BCUT2D eigenvalue weighted by Crippen LogP contribution is 2.21. The van der Waals surface area contributed by atoms with Crippen LogP contribution in [0.1, 0.15) is 26.2 Å². The summed E-state index contributed by atoms with van der Waals surface area (Å²) >= 11 is 4.11. The molecule has 1 aliphatic rings. The maximum atomic E-state index is 9.66. The van der Waals surface area contributed by atoms with Crippen molar-refractivity contribution in [1.82, 2.24) is 0 Å². The third kappa shape index (κ3) is 4.39. The molecule has 1 saturated heterocycles. The molecule has 0 saturated carbocycles. The fourth-order valence-electron chi connectivity index (χ4n) is 1.74. The predicted molar refractivity (Wildman–Crippen MR) is 66.0 cm³/mol. The number of hydrogen-bond donors (Lipinski definition) is 4. The summed E-state index contributed by atoms with van der Waals surface area (Å²) in [5.74, 6) is 0.852. The van der Waals surface area contributed by atoms with Gasteiger partial charge in [-0.2, -0.15) is 12.6 Å². The van der Waals surface area contributed by atoms with Crippen molar-refractivity contribution >= 4 is 12.6 Å². The molecule has 0 radical (unpaired) electrons. The van der Waals surface area contributed by atoms with Gasteiger partial charge in [-0.1, -0.05) is 6.42 Å². The third-order valence-electron chi connectivity index (χ3n) is 2.89. The van der Waals surface area contributed by atoms with E-state index in [0.29, 0.717) is 6.61 Å². The lowest BCUT2D eigenvalue weighted by Gasteiger charge is -2.38. The Labute approximate surface area is 107 Å². The molecular formula is C11H22O5S. The van der Waals surface area contributed by atoms with Crippen LogP contribution in [0, 0.1) is 0 Å². The molecule has 3 unspecified atom stereocenters. The average Bonchev–Trinajstić information content (AvgIpc) is 2.32. The maximum absolute atomic E-state index is 9.66. The van der Waals surface area contributed by atoms with E-state index in [0.717, 1.165) is 25.0 Å². The molecule has 1 rings (SSSR count). The Morgan fingerprint density at radius 2 is 1.76 bits per heavy atom. The van der Waals surface area contributed by atoms with E-state index in [1.54, 1.807) is 6.92 Å². The first-order chi connectivity index (χ1) is 8.07. The van der Waals surface area contributed by atoms with Crippen LogP contribution in [0.25, 0.3) is 0 Å². The summed E-state index contributed by atoms with van der Waals surface area (Å²) in [5, 5.41) is 28.7. The molecule has 1 heterocycles. The lowest BCUT2D eigenvalue weighted by Crippen LogP contribution is -2.57. The van der Waals surface area contributed by atoms with Gasteiger partial charge in [-0.25, -0.2) is 0 Å². The Morgan fingerprint density at radius 3 is 2.41 bits per heavy atom. The van der Waals surface area contributed by atoms with Crippen molar-refractivity contribution in [3.05, 3.63) is 0 Å². The number of rotatable bonds is 6. The van der Waals surface area contributed by atoms with E-state index in [2.05, 4.69) is 12.6 Å². The van der Waals surface area contributed by atoms with Crippen LogP contribution in [-0.2, 0) is 9.47 Å². The highest BCUT2D eigenvalue weighted by Gasteiger charge is 2.42. The van der Waals surface area contributed by atoms with E-state index < -0.39 is 30.7 Å². The van der Waals surface area contributed by atoms with E-state index in [9.17, 15) is 15.3 Å². The van der Waals surface area contributed by atoms with Gasteiger partial charge in [0.2, 0.25) is 0 Å². The summed E-state index contributed by atoms with van der Waals surface area (Å²) in [6.07, 6.45) is -2.01. The lowest BCUT2D eigenvalue weighted by molar-refractivity contribution is -0.293. The minimum atomic E-state index is -1.22. The number of aliphatic hydroxyl groups is 3. The van der Waals surface area contributed by atoms with Gasteiger partial charge in [0.15, 0.2) is 6.29 Å². The first kappa shape index (κ1) is 15.2. The molecule has 102 valence electrons. The van der Waals surface area contributed by atoms with Crippen molar-refractivity contribution in [1.29, 1.82) is 0 Å².